The van der Waals surface area contributed by atoms with Crippen molar-refractivity contribution in [3.05, 3.63) is 78.1 Å². The highest BCUT2D eigenvalue weighted by Crippen LogP contribution is 2.23. The Kier molecular flexibility index (Phi) is 6.07. The molecule has 3 rings (SSSR count). The summed E-state index contributed by atoms with van der Waals surface area (Å²) in [5.74, 6) is -0.0113. The molecule has 0 saturated heterocycles. The maximum atomic E-state index is 12.8. The molecule has 134 valence electrons. The minimum Gasteiger partial charge on any atom is -0.348 e. The standard InChI is InChI=1S/C20H22N4OS/c1-15(26-20-23-21-14-24(20)2)19(25)22-18(17-11-7-4-8-12-17)13-16-9-5-3-6-10-16/h3-12,14-15,18H,13H2,1-2H3,(H,22,25). The molecule has 0 aliphatic carbocycles. The highest BCUT2D eigenvalue weighted by Gasteiger charge is 2.21. The Hall–Kier alpha value is -2.60. The van der Waals surface area contributed by atoms with Crippen LogP contribution in [0.15, 0.2) is 72.1 Å². The number of nitrogens with zero attached hydrogens (tertiary/aromatic N) is 3. The van der Waals surface area contributed by atoms with E-state index in [1.165, 1.54) is 17.3 Å². The van der Waals surface area contributed by atoms with Gasteiger partial charge < -0.3 is 9.88 Å². The van der Waals surface area contributed by atoms with Gasteiger partial charge in [-0.15, -0.1) is 10.2 Å². The van der Waals surface area contributed by atoms with Crippen LogP contribution in [0.25, 0.3) is 0 Å². The SMILES string of the molecule is CC(Sc1nncn1C)C(=O)NC(Cc1ccccc1)c1ccccc1. The minimum atomic E-state index is -0.264. The first-order valence-corrected chi connectivity index (χ1v) is 9.41. The second-order valence-electron chi connectivity index (χ2n) is 6.15. The molecule has 0 saturated carbocycles. The summed E-state index contributed by atoms with van der Waals surface area (Å²) >= 11 is 1.41. The number of hydrogen-bond donors (Lipinski definition) is 1. The van der Waals surface area contributed by atoms with Crippen molar-refractivity contribution in [1.82, 2.24) is 20.1 Å². The van der Waals surface area contributed by atoms with Crippen molar-refractivity contribution in [3.63, 3.8) is 0 Å². The van der Waals surface area contributed by atoms with E-state index in [4.69, 9.17) is 0 Å². The van der Waals surface area contributed by atoms with Gasteiger partial charge in [0.25, 0.3) is 0 Å². The van der Waals surface area contributed by atoms with E-state index in [0.29, 0.717) is 0 Å². The largest absolute Gasteiger partial charge is 0.348 e. The Labute approximate surface area is 157 Å². The highest BCUT2D eigenvalue weighted by molar-refractivity contribution is 8.00. The van der Waals surface area contributed by atoms with Crippen LogP contribution < -0.4 is 5.32 Å². The molecule has 0 fully saturated rings. The summed E-state index contributed by atoms with van der Waals surface area (Å²) in [5, 5.41) is 11.6. The summed E-state index contributed by atoms with van der Waals surface area (Å²) in [6, 6.07) is 20.2. The van der Waals surface area contributed by atoms with Gasteiger partial charge in [0.15, 0.2) is 5.16 Å². The molecule has 2 unspecified atom stereocenters. The third-order valence-corrected chi connectivity index (χ3v) is 5.27. The lowest BCUT2D eigenvalue weighted by Gasteiger charge is -2.21. The molecule has 1 N–H and O–H groups in total. The van der Waals surface area contributed by atoms with Crippen LogP contribution in [0.4, 0.5) is 0 Å². The number of rotatable bonds is 7. The van der Waals surface area contributed by atoms with E-state index in [2.05, 4.69) is 27.6 Å². The van der Waals surface area contributed by atoms with Crippen molar-refractivity contribution >= 4 is 17.7 Å². The molecule has 3 aromatic rings. The lowest BCUT2D eigenvalue weighted by Crippen LogP contribution is -2.35. The summed E-state index contributed by atoms with van der Waals surface area (Å²) < 4.78 is 1.81. The first-order valence-electron chi connectivity index (χ1n) is 8.53. The summed E-state index contributed by atoms with van der Waals surface area (Å²) in [5.41, 5.74) is 2.29. The Morgan fingerprint density at radius 3 is 2.38 bits per heavy atom. The molecule has 5 nitrogen and oxygen atoms in total. The predicted octanol–water partition coefficient (Wildman–Crippen LogP) is 3.40. The fourth-order valence-electron chi connectivity index (χ4n) is 2.67. The summed E-state index contributed by atoms with van der Waals surface area (Å²) in [7, 11) is 1.87. The second kappa shape index (κ2) is 8.67. The second-order valence-corrected chi connectivity index (χ2v) is 7.45. The van der Waals surface area contributed by atoms with Crippen LogP contribution in [-0.2, 0) is 18.3 Å². The minimum absolute atomic E-state index is 0.0113. The van der Waals surface area contributed by atoms with Crippen molar-refractivity contribution in [2.45, 2.75) is 29.8 Å². The number of aryl methyl sites for hydroxylation is 1. The zero-order valence-electron chi connectivity index (χ0n) is 14.9. The van der Waals surface area contributed by atoms with Crippen molar-refractivity contribution in [2.24, 2.45) is 7.05 Å². The Bertz CT molecular complexity index is 835. The van der Waals surface area contributed by atoms with E-state index in [-0.39, 0.29) is 17.2 Å². The van der Waals surface area contributed by atoms with Gasteiger partial charge in [-0.2, -0.15) is 0 Å². The van der Waals surface area contributed by atoms with Crippen molar-refractivity contribution in [2.75, 3.05) is 0 Å². The molecule has 26 heavy (non-hydrogen) atoms. The molecular formula is C20H22N4OS. The van der Waals surface area contributed by atoms with Gasteiger partial charge in [-0.05, 0) is 24.5 Å². The molecule has 0 radical (unpaired) electrons. The number of hydrogen-bond acceptors (Lipinski definition) is 4. The lowest BCUT2D eigenvalue weighted by molar-refractivity contribution is -0.121. The molecule has 0 spiro atoms. The monoisotopic (exact) mass is 366 g/mol. The van der Waals surface area contributed by atoms with Gasteiger partial charge in [0.1, 0.15) is 6.33 Å². The molecular weight excluding hydrogens is 344 g/mol. The van der Waals surface area contributed by atoms with Gasteiger partial charge in [-0.1, -0.05) is 72.4 Å². The van der Waals surface area contributed by atoms with E-state index >= 15 is 0 Å². The number of carbonyl (C=O) groups excluding carboxylic acids is 1. The smallest absolute Gasteiger partial charge is 0.233 e. The van der Waals surface area contributed by atoms with E-state index < -0.39 is 0 Å². The summed E-state index contributed by atoms with van der Waals surface area (Å²) in [4.78, 5) is 12.8. The van der Waals surface area contributed by atoms with Crippen LogP contribution in [0.3, 0.4) is 0 Å². The normalized spacial score (nSPS) is 13.2. The van der Waals surface area contributed by atoms with Gasteiger partial charge in [0.05, 0.1) is 11.3 Å². The van der Waals surface area contributed by atoms with Gasteiger partial charge in [0.2, 0.25) is 5.91 Å². The molecule has 0 aliphatic heterocycles. The third kappa shape index (κ3) is 4.73. The first-order chi connectivity index (χ1) is 12.6. The van der Waals surface area contributed by atoms with Crippen molar-refractivity contribution < 1.29 is 4.79 Å². The first kappa shape index (κ1) is 18.2. The number of nitrogens with one attached hydrogen (secondary N) is 1. The molecule has 1 aromatic heterocycles. The van der Waals surface area contributed by atoms with E-state index in [0.717, 1.165) is 17.1 Å². The highest BCUT2D eigenvalue weighted by atomic mass is 32.2. The van der Waals surface area contributed by atoms with Gasteiger partial charge in [0, 0.05) is 7.05 Å². The molecule has 0 aliphatic rings. The van der Waals surface area contributed by atoms with Crippen LogP contribution >= 0.6 is 11.8 Å². The van der Waals surface area contributed by atoms with Crippen LogP contribution in [0.1, 0.15) is 24.1 Å². The number of thioether (sulfide) groups is 1. The zero-order valence-corrected chi connectivity index (χ0v) is 15.7. The number of aromatic nitrogens is 3. The molecule has 1 heterocycles. The zero-order chi connectivity index (χ0) is 18.4. The van der Waals surface area contributed by atoms with Gasteiger partial charge >= 0.3 is 0 Å². The quantitative estimate of drug-likeness (QED) is 0.651. The molecule has 2 aromatic carbocycles. The van der Waals surface area contributed by atoms with Crippen LogP contribution in [0.5, 0.6) is 0 Å². The Morgan fingerprint density at radius 1 is 1.12 bits per heavy atom. The van der Waals surface area contributed by atoms with Crippen molar-refractivity contribution in [3.8, 4) is 0 Å². The van der Waals surface area contributed by atoms with E-state index in [1.54, 1.807) is 6.33 Å². The summed E-state index contributed by atoms with van der Waals surface area (Å²) in [6.45, 7) is 1.89. The Morgan fingerprint density at radius 2 is 1.77 bits per heavy atom. The van der Waals surface area contributed by atoms with Crippen LogP contribution in [0.2, 0.25) is 0 Å². The number of amides is 1. The van der Waals surface area contributed by atoms with E-state index in [9.17, 15) is 4.79 Å². The maximum absolute atomic E-state index is 12.8. The third-order valence-electron chi connectivity index (χ3n) is 4.12. The van der Waals surface area contributed by atoms with Crippen LogP contribution in [0, 0.1) is 0 Å². The Balaban J connectivity index is 1.72. The van der Waals surface area contributed by atoms with Crippen molar-refractivity contribution in [1.29, 1.82) is 0 Å². The fourth-order valence-corrected chi connectivity index (χ4v) is 3.47. The lowest BCUT2D eigenvalue weighted by atomic mass is 9.99. The topological polar surface area (TPSA) is 59.8 Å². The maximum Gasteiger partial charge on any atom is 0.233 e. The van der Waals surface area contributed by atoms with E-state index in [1.807, 2.05) is 67.1 Å². The fraction of sp³-hybridized carbons (Fsp3) is 0.250. The average molecular weight is 366 g/mol. The molecule has 0 bridgehead atoms. The number of carbonyl (C=O) groups is 1. The van der Waals surface area contributed by atoms with Gasteiger partial charge in [-0.3, -0.25) is 4.79 Å². The molecule has 6 heteroatoms. The average Bonchev–Trinajstić information content (AvgIpc) is 3.07. The van der Waals surface area contributed by atoms with Crippen LogP contribution in [-0.4, -0.2) is 25.9 Å². The number of benzene rings is 2. The molecule has 1 amide bonds. The summed E-state index contributed by atoms with van der Waals surface area (Å²) in [6.07, 6.45) is 2.38. The molecule has 2 atom stereocenters. The van der Waals surface area contributed by atoms with Gasteiger partial charge in [-0.25, -0.2) is 0 Å². The predicted molar refractivity (Wildman–Crippen MR) is 104 cm³/mol.